The van der Waals surface area contributed by atoms with Gasteiger partial charge in [-0.15, -0.1) is 0 Å². The van der Waals surface area contributed by atoms with E-state index in [-0.39, 0.29) is 17.2 Å². The largest absolute Gasteiger partial charge is 0.492 e. The number of nitrogens with one attached hydrogen (secondary N) is 1. The maximum Gasteiger partial charge on any atom is 0.252 e. The molecule has 4 rings (SSSR count). The Morgan fingerprint density at radius 2 is 1.94 bits per heavy atom. The summed E-state index contributed by atoms with van der Waals surface area (Å²) in [5, 5.41) is 13.3. The lowest BCUT2D eigenvalue weighted by molar-refractivity contribution is -0.139. The van der Waals surface area contributed by atoms with Crippen LogP contribution in [0.15, 0.2) is 36.5 Å². The van der Waals surface area contributed by atoms with Gasteiger partial charge in [0.15, 0.2) is 0 Å². The second-order valence-corrected chi connectivity index (χ2v) is 8.78. The van der Waals surface area contributed by atoms with E-state index in [0.717, 1.165) is 11.3 Å². The molecule has 4 N–H and O–H groups in total. The van der Waals surface area contributed by atoms with Crippen LogP contribution in [-0.2, 0) is 4.79 Å². The fourth-order valence-corrected chi connectivity index (χ4v) is 4.34. The van der Waals surface area contributed by atoms with Crippen LogP contribution in [0.4, 0.5) is 21.5 Å². The lowest BCUT2D eigenvalue weighted by Gasteiger charge is -2.37. The van der Waals surface area contributed by atoms with Crippen molar-refractivity contribution in [3.05, 3.63) is 53.5 Å². The number of piperazine rings is 1. The maximum absolute atomic E-state index is 14.7. The lowest BCUT2D eigenvalue weighted by Crippen LogP contribution is -2.51. The van der Waals surface area contributed by atoms with Crippen LogP contribution >= 0.6 is 0 Å². The Bertz CT molecular complexity index is 1310. The average Bonchev–Trinajstić information content (AvgIpc) is 2.85. The van der Waals surface area contributed by atoms with Crippen molar-refractivity contribution in [1.82, 2.24) is 9.88 Å². The molecule has 0 radical (unpaired) electrons. The number of carbonyl (C=O) groups is 2. The minimum Gasteiger partial charge on any atom is -0.492 e. The third-order valence-corrected chi connectivity index (χ3v) is 6.19. The summed E-state index contributed by atoms with van der Waals surface area (Å²) >= 11 is 0. The minimum absolute atomic E-state index is 0.130. The van der Waals surface area contributed by atoms with Crippen LogP contribution in [-0.4, -0.2) is 65.7 Å². The number of rotatable bonds is 7. The summed E-state index contributed by atoms with van der Waals surface area (Å²) in [7, 11) is 0. The summed E-state index contributed by atoms with van der Waals surface area (Å²) in [6, 6.07) is 8.41. The molecule has 0 unspecified atom stereocenters. The number of ether oxygens (including phenoxy) is 1. The number of nitrogens with two attached hydrogens (primary N) is 1. The number of amides is 2. The van der Waals surface area contributed by atoms with Crippen LogP contribution < -0.4 is 20.7 Å². The molecule has 0 bridgehead atoms. The van der Waals surface area contributed by atoms with Gasteiger partial charge in [-0.1, -0.05) is 6.07 Å². The molecule has 1 fully saturated rings. The zero-order valence-corrected chi connectivity index (χ0v) is 20.5. The number of aliphatic hydroxyl groups is 1. The Balaban J connectivity index is 1.79. The molecule has 1 aliphatic heterocycles. The smallest absolute Gasteiger partial charge is 0.252 e. The van der Waals surface area contributed by atoms with E-state index in [9.17, 15) is 19.1 Å². The third-order valence-electron chi connectivity index (χ3n) is 6.19. The van der Waals surface area contributed by atoms with Gasteiger partial charge in [0.1, 0.15) is 17.7 Å². The monoisotopic (exact) mass is 495 g/mol. The number of aryl methyl sites for hydroxylation is 1. The van der Waals surface area contributed by atoms with Gasteiger partial charge in [0, 0.05) is 43.8 Å². The zero-order chi connectivity index (χ0) is 26.0. The zero-order valence-electron chi connectivity index (χ0n) is 20.5. The Hall–Kier alpha value is -3.92. The van der Waals surface area contributed by atoms with Crippen LogP contribution in [0.25, 0.3) is 10.9 Å². The van der Waals surface area contributed by atoms with Crippen molar-refractivity contribution >= 4 is 39.8 Å². The van der Waals surface area contributed by atoms with E-state index in [2.05, 4.69) is 15.2 Å². The first-order valence-corrected chi connectivity index (χ1v) is 11.8. The minimum atomic E-state index is -1.05. The van der Waals surface area contributed by atoms with Crippen molar-refractivity contribution in [3.8, 4) is 5.75 Å². The van der Waals surface area contributed by atoms with Crippen molar-refractivity contribution in [1.29, 1.82) is 0 Å². The summed E-state index contributed by atoms with van der Waals surface area (Å²) in [4.78, 5) is 32.6. The summed E-state index contributed by atoms with van der Waals surface area (Å²) in [5.41, 5.74) is 8.39. The molecule has 1 atom stereocenters. The Morgan fingerprint density at radius 3 is 2.56 bits per heavy atom. The lowest BCUT2D eigenvalue weighted by atomic mass is 10.1. The number of halogens is 1. The second kappa shape index (κ2) is 10.4. The van der Waals surface area contributed by atoms with E-state index < -0.39 is 17.8 Å². The summed E-state index contributed by atoms with van der Waals surface area (Å²) in [5.74, 6) is -0.854. The SMILES string of the molecule is CCOc1cc2ncc(C(N)=O)c(Nc3ccc(C)cc3F)c2cc1N1CCN(C(=O)[C@@H](C)O)CC1. The number of aromatic nitrogens is 1. The highest BCUT2D eigenvalue weighted by molar-refractivity contribution is 6.08. The van der Waals surface area contributed by atoms with Crippen LogP contribution in [0.2, 0.25) is 0 Å². The van der Waals surface area contributed by atoms with Crippen molar-refractivity contribution in [2.45, 2.75) is 26.9 Å². The number of benzene rings is 2. The van der Waals surface area contributed by atoms with E-state index >= 15 is 0 Å². The Labute approximate surface area is 208 Å². The van der Waals surface area contributed by atoms with E-state index in [1.165, 1.54) is 19.2 Å². The van der Waals surface area contributed by atoms with Gasteiger partial charge in [0.05, 0.1) is 34.7 Å². The highest BCUT2D eigenvalue weighted by Gasteiger charge is 2.26. The van der Waals surface area contributed by atoms with E-state index in [4.69, 9.17) is 10.5 Å². The standard InChI is InChI=1S/C26H30FN5O4/c1-4-36-23-13-21-17(12-22(23)31-7-9-32(10-8-31)26(35)16(3)33)24(18(14-29-21)25(28)34)30-20-6-5-15(2)11-19(20)27/h5-6,11-14,16,33H,4,7-10H2,1-3H3,(H2,28,34)(H,29,30)/t16-/m1/s1. The number of anilines is 3. The van der Waals surface area contributed by atoms with Gasteiger partial charge in [0.2, 0.25) is 0 Å². The van der Waals surface area contributed by atoms with Crippen molar-refractivity contribution in [3.63, 3.8) is 0 Å². The molecular weight excluding hydrogens is 465 g/mol. The van der Waals surface area contributed by atoms with Crippen molar-refractivity contribution in [2.75, 3.05) is 43.0 Å². The number of hydrogen-bond donors (Lipinski definition) is 3. The molecular formula is C26H30FN5O4. The normalized spacial score (nSPS) is 14.6. The van der Waals surface area contributed by atoms with Crippen LogP contribution in [0, 0.1) is 12.7 Å². The van der Waals surface area contributed by atoms with Crippen molar-refractivity contribution < 1.29 is 23.8 Å². The van der Waals surface area contributed by atoms with E-state index in [1.54, 1.807) is 30.0 Å². The number of hydrogen-bond acceptors (Lipinski definition) is 7. The molecule has 0 spiro atoms. The van der Waals surface area contributed by atoms with Gasteiger partial charge in [0.25, 0.3) is 11.8 Å². The fraction of sp³-hybridized carbons (Fsp3) is 0.346. The van der Waals surface area contributed by atoms with Crippen LogP contribution in [0.5, 0.6) is 5.75 Å². The van der Waals surface area contributed by atoms with Gasteiger partial charge in [-0.2, -0.15) is 0 Å². The number of nitrogens with zero attached hydrogens (tertiary/aromatic N) is 3. The molecule has 1 aromatic heterocycles. The molecule has 190 valence electrons. The second-order valence-electron chi connectivity index (χ2n) is 8.78. The number of fused-ring (bicyclic) bond motifs is 1. The topological polar surface area (TPSA) is 121 Å². The molecule has 10 heteroatoms. The quantitative estimate of drug-likeness (QED) is 0.461. The third kappa shape index (κ3) is 5.03. The number of primary amides is 1. The molecule has 1 aliphatic rings. The number of pyridine rings is 1. The van der Waals surface area contributed by atoms with E-state index in [1.807, 2.05) is 13.0 Å². The Morgan fingerprint density at radius 1 is 1.22 bits per heavy atom. The summed E-state index contributed by atoms with van der Waals surface area (Å²) in [6.07, 6.45) is 0.319. The van der Waals surface area contributed by atoms with Crippen LogP contribution in [0.3, 0.4) is 0 Å². The first-order chi connectivity index (χ1) is 17.2. The van der Waals surface area contributed by atoms with Crippen LogP contribution in [0.1, 0.15) is 29.8 Å². The summed E-state index contributed by atoms with van der Waals surface area (Å²) < 4.78 is 20.6. The first kappa shape index (κ1) is 25.2. The molecule has 2 amide bonds. The maximum atomic E-state index is 14.7. The molecule has 9 nitrogen and oxygen atoms in total. The summed E-state index contributed by atoms with van der Waals surface area (Å²) in [6.45, 7) is 7.46. The number of aliphatic hydroxyl groups excluding tert-OH is 1. The average molecular weight is 496 g/mol. The molecule has 3 aromatic rings. The van der Waals surface area contributed by atoms with Crippen molar-refractivity contribution in [2.24, 2.45) is 5.73 Å². The number of carbonyl (C=O) groups excluding carboxylic acids is 2. The highest BCUT2D eigenvalue weighted by atomic mass is 19.1. The van der Waals surface area contributed by atoms with Gasteiger partial charge >= 0.3 is 0 Å². The molecule has 2 heterocycles. The van der Waals surface area contributed by atoms with Gasteiger partial charge in [-0.05, 0) is 44.5 Å². The first-order valence-electron chi connectivity index (χ1n) is 11.8. The van der Waals surface area contributed by atoms with E-state index in [0.29, 0.717) is 55.1 Å². The molecule has 2 aromatic carbocycles. The molecule has 0 saturated carbocycles. The predicted molar refractivity (Wildman–Crippen MR) is 136 cm³/mol. The predicted octanol–water partition coefficient (Wildman–Crippen LogP) is 2.95. The van der Waals surface area contributed by atoms with Gasteiger partial charge in [-0.3, -0.25) is 14.6 Å². The Kier molecular flexibility index (Phi) is 7.25. The molecule has 0 aliphatic carbocycles. The molecule has 36 heavy (non-hydrogen) atoms. The fourth-order valence-electron chi connectivity index (χ4n) is 4.34. The van der Waals surface area contributed by atoms with Gasteiger partial charge in [-0.25, -0.2) is 4.39 Å². The molecule has 1 saturated heterocycles. The highest BCUT2D eigenvalue weighted by Crippen LogP contribution is 2.38. The van der Waals surface area contributed by atoms with Gasteiger partial charge < -0.3 is 30.7 Å².